The van der Waals surface area contributed by atoms with Crippen LogP contribution in [0.15, 0.2) is 53.9 Å². The van der Waals surface area contributed by atoms with Crippen molar-refractivity contribution in [3.63, 3.8) is 0 Å². The number of benzene rings is 2. The van der Waals surface area contributed by atoms with Gasteiger partial charge in [0.05, 0.1) is 13.2 Å². The minimum atomic E-state index is -0.0424. The van der Waals surface area contributed by atoms with Gasteiger partial charge in [-0.05, 0) is 29.8 Å². The Hall–Kier alpha value is -2.41. The Balaban J connectivity index is 1.45. The van der Waals surface area contributed by atoms with Gasteiger partial charge in [0, 0.05) is 29.1 Å². The second-order valence-corrected chi connectivity index (χ2v) is 7.68. The number of morpholine rings is 1. The molecule has 1 saturated heterocycles. The van der Waals surface area contributed by atoms with Crippen LogP contribution in [0, 0.1) is 0 Å². The Kier molecular flexibility index (Phi) is 5.90. The van der Waals surface area contributed by atoms with Gasteiger partial charge in [-0.2, -0.15) is 0 Å². The topological polar surface area (TPSA) is 51.7 Å². The van der Waals surface area contributed by atoms with E-state index in [1.165, 1.54) is 11.3 Å². The molecule has 4 rings (SSSR count). The Morgan fingerprint density at radius 3 is 2.82 bits per heavy atom. The van der Waals surface area contributed by atoms with Gasteiger partial charge in [0.15, 0.2) is 0 Å². The maximum absolute atomic E-state index is 12.6. The van der Waals surface area contributed by atoms with E-state index in [4.69, 9.17) is 21.1 Å². The fraction of sp³-hybridized carbons (Fsp3) is 0.238. The van der Waals surface area contributed by atoms with Crippen LogP contribution in [0.5, 0.6) is 5.75 Å². The molecule has 0 radical (unpaired) electrons. The minimum Gasteiger partial charge on any atom is -0.489 e. The summed E-state index contributed by atoms with van der Waals surface area (Å²) < 4.78 is 11.2. The molecular formula is C21H19ClN2O3S. The van der Waals surface area contributed by atoms with E-state index in [1.807, 2.05) is 53.9 Å². The van der Waals surface area contributed by atoms with Crippen molar-refractivity contribution in [2.24, 2.45) is 0 Å². The van der Waals surface area contributed by atoms with Gasteiger partial charge in [-0.15, -0.1) is 11.3 Å². The van der Waals surface area contributed by atoms with Crippen LogP contribution in [-0.2, 0) is 11.3 Å². The van der Waals surface area contributed by atoms with Gasteiger partial charge in [-0.1, -0.05) is 35.9 Å². The lowest BCUT2D eigenvalue weighted by molar-refractivity contribution is 0.0299. The molecular weight excluding hydrogens is 396 g/mol. The lowest BCUT2D eigenvalue weighted by atomic mass is 10.2. The van der Waals surface area contributed by atoms with Crippen molar-refractivity contribution in [3.05, 3.63) is 70.2 Å². The molecule has 1 aromatic heterocycles. The van der Waals surface area contributed by atoms with E-state index in [-0.39, 0.29) is 5.91 Å². The number of amides is 1. The van der Waals surface area contributed by atoms with E-state index in [0.717, 1.165) is 21.9 Å². The first-order chi connectivity index (χ1) is 13.7. The van der Waals surface area contributed by atoms with E-state index < -0.39 is 0 Å². The fourth-order valence-electron chi connectivity index (χ4n) is 2.95. The molecule has 3 aromatic rings. The first kappa shape index (κ1) is 18.9. The number of hydrogen-bond acceptors (Lipinski definition) is 5. The third kappa shape index (κ3) is 4.52. The molecule has 0 N–H and O–H groups in total. The number of carbonyl (C=O) groups is 1. The predicted molar refractivity (Wildman–Crippen MR) is 110 cm³/mol. The third-order valence-electron chi connectivity index (χ3n) is 4.40. The first-order valence-corrected chi connectivity index (χ1v) is 10.2. The monoisotopic (exact) mass is 414 g/mol. The highest BCUT2D eigenvalue weighted by atomic mass is 35.5. The summed E-state index contributed by atoms with van der Waals surface area (Å²) in [6.45, 7) is 2.81. The van der Waals surface area contributed by atoms with E-state index in [0.29, 0.717) is 43.6 Å². The average molecular weight is 415 g/mol. The molecule has 144 valence electrons. The number of hydrogen-bond donors (Lipinski definition) is 0. The maximum atomic E-state index is 12.6. The number of ether oxygens (including phenoxy) is 2. The zero-order valence-corrected chi connectivity index (χ0v) is 16.7. The Morgan fingerprint density at radius 2 is 2.00 bits per heavy atom. The molecule has 0 atom stereocenters. The van der Waals surface area contributed by atoms with Crippen LogP contribution >= 0.6 is 22.9 Å². The van der Waals surface area contributed by atoms with Crippen LogP contribution < -0.4 is 4.74 Å². The molecule has 1 fully saturated rings. The molecule has 2 aromatic carbocycles. The van der Waals surface area contributed by atoms with Crippen LogP contribution in [-0.4, -0.2) is 42.1 Å². The molecule has 0 aliphatic carbocycles. The molecule has 0 spiro atoms. The average Bonchev–Trinajstić information content (AvgIpc) is 3.23. The van der Waals surface area contributed by atoms with Crippen molar-refractivity contribution in [1.29, 1.82) is 0 Å². The van der Waals surface area contributed by atoms with Crippen LogP contribution in [0.2, 0.25) is 5.02 Å². The second kappa shape index (κ2) is 8.73. The molecule has 1 aliphatic rings. The van der Waals surface area contributed by atoms with Crippen molar-refractivity contribution in [3.8, 4) is 16.3 Å². The Labute approximate surface area is 172 Å². The Morgan fingerprint density at radius 1 is 1.18 bits per heavy atom. The van der Waals surface area contributed by atoms with Crippen LogP contribution in [0.3, 0.4) is 0 Å². The van der Waals surface area contributed by atoms with Crippen LogP contribution in [0.4, 0.5) is 0 Å². The van der Waals surface area contributed by atoms with E-state index >= 15 is 0 Å². The third-order valence-corrected chi connectivity index (χ3v) is 5.52. The van der Waals surface area contributed by atoms with E-state index in [2.05, 4.69) is 4.98 Å². The molecule has 2 heterocycles. The second-order valence-electron chi connectivity index (χ2n) is 6.39. The zero-order chi connectivity index (χ0) is 19.3. The van der Waals surface area contributed by atoms with Gasteiger partial charge < -0.3 is 14.4 Å². The van der Waals surface area contributed by atoms with Crippen molar-refractivity contribution < 1.29 is 14.3 Å². The van der Waals surface area contributed by atoms with Gasteiger partial charge in [0.2, 0.25) is 0 Å². The normalized spacial score (nSPS) is 14.1. The summed E-state index contributed by atoms with van der Waals surface area (Å²) in [4.78, 5) is 18.9. The SMILES string of the molecule is O=C(c1csc(-c2cccc(OCc3cccc(Cl)c3)c2)n1)N1CCOCC1. The maximum Gasteiger partial charge on any atom is 0.273 e. The smallest absolute Gasteiger partial charge is 0.273 e. The number of carbonyl (C=O) groups excluding carboxylic acids is 1. The number of aromatic nitrogens is 1. The first-order valence-electron chi connectivity index (χ1n) is 8.99. The summed E-state index contributed by atoms with van der Waals surface area (Å²) >= 11 is 7.47. The molecule has 28 heavy (non-hydrogen) atoms. The summed E-state index contributed by atoms with van der Waals surface area (Å²) in [7, 11) is 0. The number of thiazole rings is 1. The molecule has 1 amide bonds. The molecule has 1 aliphatic heterocycles. The summed E-state index contributed by atoms with van der Waals surface area (Å²) in [5.41, 5.74) is 2.41. The summed E-state index contributed by atoms with van der Waals surface area (Å²) in [6.07, 6.45) is 0. The highest BCUT2D eigenvalue weighted by Gasteiger charge is 2.21. The predicted octanol–water partition coefficient (Wildman–Crippen LogP) is 4.51. The minimum absolute atomic E-state index is 0.0424. The summed E-state index contributed by atoms with van der Waals surface area (Å²) in [5, 5.41) is 3.30. The fourth-order valence-corrected chi connectivity index (χ4v) is 3.95. The largest absolute Gasteiger partial charge is 0.489 e. The molecule has 7 heteroatoms. The van der Waals surface area contributed by atoms with Gasteiger partial charge in [-0.3, -0.25) is 4.79 Å². The number of halogens is 1. The summed E-state index contributed by atoms with van der Waals surface area (Å²) in [5.74, 6) is 0.702. The lowest BCUT2D eigenvalue weighted by Gasteiger charge is -2.25. The van der Waals surface area contributed by atoms with Gasteiger partial charge >= 0.3 is 0 Å². The van der Waals surface area contributed by atoms with E-state index in [9.17, 15) is 4.79 Å². The molecule has 0 unspecified atom stereocenters. The highest BCUT2D eigenvalue weighted by molar-refractivity contribution is 7.13. The molecule has 0 bridgehead atoms. The van der Waals surface area contributed by atoms with Crippen molar-refractivity contribution >= 4 is 28.8 Å². The Bertz CT molecular complexity index is 970. The van der Waals surface area contributed by atoms with E-state index in [1.54, 1.807) is 4.90 Å². The van der Waals surface area contributed by atoms with Crippen LogP contribution in [0.25, 0.3) is 10.6 Å². The standard InChI is InChI=1S/C21H19ClN2O3S/c22-17-5-1-3-15(11-17)13-27-18-6-2-4-16(12-18)20-23-19(14-28-20)21(25)24-7-9-26-10-8-24/h1-6,11-12,14H,7-10,13H2. The zero-order valence-electron chi connectivity index (χ0n) is 15.1. The van der Waals surface area contributed by atoms with Crippen molar-refractivity contribution in [1.82, 2.24) is 9.88 Å². The molecule has 0 saturated carbocycles. The number of nitrogens with zero attached hydrogens (tertiary/aromatic N) is 2. The van der Waals surface area contributed by atoms with Crippen LogP contribution in [0.1, 0.15) is 16.1 Å². The molecule has 5 nitrogen and oxygen atoms in total. The van der Waals surface area contributed by atoms with Gasteiger partial charge in [-0.25, -0.2) is 4.98 Å². The van der Waals surface area contributed by atoms with Gasteiger partial charge in [0.1, 0.15) is 23.1 Å². The lowest BCUT2D eigenvalue weighted by Crippen LogP contribution is -2.40. The quantitative estimate of drug-likeness (QED) is 0.616. The summed E-state index contributed by atoms with van der Waals surface area (Å²) in [6, 6.07) is 15.3. The van der Waals surface area contributed by atoms with Crippen molar-refractivity contribution in [2.45, 2.75) is 6.61 Å². The number of rotatable bonds is 5. The van der Waals surface area contributed by atoms with Crippen molar-refractivity contribution in [2.75, 3.05) is 26.3 Å². The van der Waals surface area contributed by atoms with Gasteiger partial charge in [0.25, 0.3) is 5.91 Å². The highest BCUT2D eigenvalue weighted by Crippen LogP contribution is 2.28.